The molecule has 0 atom stereocenters. The third-order valence-corrected chi connectivity index (χ3v) is 7.40. The predicted molar refractivity (Wildman–Crippen MR) is 166 cm³/mol. The van der Waals surface area contributed by atoms with Gasteiger partial charge in [-0.15, -0.1) is 0 Å². The molecule has 0 aliphatic carbocycles. The van der Waals surface area contributed by atoms with Gasteiger partial charge in [-0.2, -0.15) is 0 Å². The van der Waals surface area contributed by atoms with Crippen LogP contribution in [0.1, 0.15) is 29.3 Å². The number of para-hydroxylation sites is 1. The second-order valence-corrected chi connectivity index (χ2v) is 10.7. The minimum atomic E-state index is -0.850. The van der Waals surface area contributed by atoms with Gasteiger partial charge in [0, 0.05) is 17.3 Å². The van der Waals surface area contributed by atoms with Gasteiger partial charge in [0.1, 0.15) is 6.54 Å². The highest BCUT2D eigenvalue weighted by atomic mass is 35.5. The Morgan fingerprint density at radius 1 is 1.04 bits per heavy atom. The van der Waals surface area contributed by atoms with Crippen molar-refractivity contribution in [2.45, 2.75) is 13.3 Å². The van der Waals surface area contributed by atoms with E-state index in [0.29, 0.717) is 23.1 Å². The average molecular weight is 671 g/mol. The predicted octanol–water partition coefficient (Wildman–Crippen LogP) is 6.20. The maximum Gasteiger partial charge on any atom is 0.339 e. The number of imide groups is 1. The highest BCUT2D eigenvalue weighted by molar-refractivity contribution is 8.18. The van der Waals surface area contributed by atoms with Crippen LogP contribution < -0.4 is 14.8 Å². The maximum atomic E-state index is 13.2. The van der Waals surface area contributed by atoms with E-state index in [-0.39, 0.29) is 50.6 Å². The van der Waals surface area contributed by atoms with E-state index >= 15 is 0 Å². The van der Waals surface area contributed by atoms with Crippen molar-refractivity contribution < 1.29 is 43.2 Å². The number of nitro groups is 2. The number of methoxy groups -OCH3 is 1. The molecule has 3 aromatic rings. The van der Waals surface area contributed by atoms with Crippen LogP contribution in [0, 0.1) is 20.2 Å². The molecule has 1 aliphatic rings. The van der Waals surface area contributed by atoms with Crippen molar-refractivity contribution in [1.29, 1.82) is 0 Å². The van der Waals surface area contributed by atoms with Gasteiger partial charge < -0.3 is 19.5 Å². The van der Waals surface area contributed by atoms with Crippen molar-refractivity contribution in [2.24, 2.45) is 0 Å². The third-order valence-electron chi connectivity index (χ3n) is 6.16. The molecule has 0 unspecified atom stereocenters. The highest BCUT2D eigenvalue weighted by Gasteiger charge is 2.37. The van der Waals surface area contributed by atoms with Crippen molar-refractivity contribution in [3.63, 3.8) is 0 Å². The molecule has 0 spiro atoms. The Balaban J connectivity index is 1.56. The van der Waals surface area contributed by atoms with E-state index in [0.717, 1.165) is 18.2 Å². The van der Waals surface area contributed by atoms with E-state index < -0.39 is 50.8 Å². The Morgan fingerprint density at radius 3 is 2.48 bits per heavy atom. The summed E-state index contributed by atoms with van der Waals surface area (Å²) in [5.41, 5.74) is -0.840. The minimum absolute atomic E-state index is 0.0254. The number of hydrogen-bond acceptors (Lipinski definition) is 12. The van der Waals surface area contributed by atoms with Gasteiger partial charge in [0.15, 0.2) is 11.5 Å². The number of thioether (sulfide) groups is 1. The fraction of sp³-hybridized carbons (Fsp3) is 0.172. The minimum Gasteiger partial charge on any atom is -0.493 e. The molecule has 1 heterocycles. The second-order valence-electron chi connectivity index (χ2n) is 9.29. The van der Waals surface area contributed by atoms with E-state index in [4.69, 9.17) is 25.8 Å². The first-order chi connectivity index (χ1) is 21.9. The maximum absolute atomic E-state index is 13.2. The van der Waals surface area contributed by atoms with E-state index in [1.165, 1.54) is 49.6 Å². The Kier molecular flexibility index (Phi) is 10.6. The van der Waals surface area contributed by atoms with Crippen LogP contribution in [0.25, 0.3) is 6.08 Å². The van der Waals surface area contributed by atoms with Gasteiger partial charge in [0.2, 0.25) is 11.7 Å². The van der Waals surface area contributed by atoms with Crippen molar-refractivity contribution in [2.75, 3.05) is 25.6 Å². The van der Waals surface area contributed by atoms with Crippen molar-refractivity contribution in [3.8, 4) is 17.2 Å². The molecule has 1 N–H and O–H groups in total. The number of carbonyl (C=O) groups is 4. The standard InChI is InChI=1S/C29H23ClN4O11S/c1-3-11-44-28(37)19-13-17(7-9-20(19)30)31-25(35)15-32-27(36)24(46-29(32)38)12-16-5-4-6-23(43-2)26(16)45-22-10-8-18(33(39)40)14-21(22)34(41)42/h4-10,12-14H,3,11,15H2,1-2H3,(H,31,35)/b24-12+. The zero-order chi connectivity index (χ0) is 33.5. The first-order valence-corrected chi connectivity index (χ1v) is 14.4. The fourth-order valence-electron chi connectivity index (χ4n) is 4.03. The number of amides is 3. The Hall–Kier alpha value is -5.48. The summed E-state index contributed by atoms with van der Waals surface area (Å²) in [6.45, 7) is 1.35. The van der Waals surface area contributed by atoms with Crippen molar-refractivity contribution in [3.05, 3.63) is 95.9 Å². The van der Waals surface area contributed by atoms with Gasteiger partial charge in [-0.05, 0) is 54.6 Å². The lowest BCUT2D eigenvalue weighted by atomic mass is 10.1. The number of carbonyl (C=O) groups excluding carboxylic acids is 4. The lowest BCUT2D eigenvalue weighted by molar-refractivity contribution is -0.394. The number of non-ortho nitro benzene ring substituents is 1. The molecule has 1 aliphatic heterocycles. The molecule has 1 fully saturated rings. The molecule has 0 saturated carbocycles. The molecule has 0 aromatic heterocycles. The molecule has 0 bridgehead atoms. The summed E-state index contributed by atoms with van der Waals surface area (Å²) in [7, 11) is 1.31. The smallest absolute Gasteiger partial charge is 0.339 e. The lowest BCUT2D eigenvalue weighted by Crippen LogP contribution is -2.36. The summed E-state index contributed by atoms with van der Waals surface area (Å²) >= 11 is 6.63. The number of nitro benzene ring substituents is 2. The van der Waals surface area contributed by atoms with E-state index in [1.54, 1.807) is 0 Å². The summed E-state index contributed by atoms with van der Waals surface area (Å²) in [5.74, 6) is -2.55. The molecular formula is C29H23ClN4O11S. The molecule has 0 radical (unpaired) electrons. The van der Waals surface area contributed by atoms with E-state index in [9.17, 15) is 39.4 Å². The Bertz CT molecular complexity index is 1800. The number of anilines is 1. The number of hydrogen-bond donors (Lipinski definition) is 1. The number of ether oxygens (including phenoxy) is 3. The third kappa shape index (κ3) is 7.59. The first kappa shape index (κ1) is 33.4. The Labute approximate surface area is 269 Å². The van der Waals surface area contributed by atoms with Gasteiger partial charge in [-0.25, -0.2) is 4.79 Å². The number of nitrogens with zero attached hydrogens (tertiary/aromatic N) is 3. The quantitative estimate of drug-likeness (QED) is 0.0992. The molecule has 3 aromatic carbocycles. The van der Waals surface area contributed by atoms with E-state index in [2.05, 4.69) is 5.32 Å². The summed E-state index contributed by atoms with van der Waals surface area (Å²) in [6, 6.07) is 11.5. The molecule has 238 valence electrons. The number of rotatable bonds is 12. The van der Waals surface area contributed by atoms with Gasteiger partial charge in [0.25, 0.3) is 16.8 Å². The fourth-order valence-corrected chi connectivity index (χ4v) is 5.05. The summed E-state index contributed by atoms with van der Waals surface area (Å²) in [4.78, 5) is 72.7. The molecule has 15 nitrogen and oxygen atoms in total. The summed E-state index contributed by atoms with van der Waals surface area (Å²) in [6.07, 6.45) is 1.88. The van der Waals surface area contributed by atoms with Crippen LogP contribution in [0.3, 0.4) is 0 Å². The van der Waals surface area contributed by atoms with Gasteiger partial charge in [-0.1, -0.05) is 30.7 Å². The Morgan fingerprint density at radius 2 is 1.80 bits per heavy atom. The molecule has 17 heteroatoms. The number of esters is 1. The number of nitrogens with one attached hydrogen (secondary N) is 1. The lowest BCUT2D eigenvalue weighted by Gasteiger charge is -2.14. The summed E-state index contributed by atoms with van der Waals surface area (Å²) < 4.78 is 16.2. The summed E-state index contributed by atoms with van der Waals surface area (Å²) in [5, 5.41) is 24.6. The van der Waals surface area contributed by atoms with Crippen LogP contribution in [-0.2, 0) is 14.3 Å². The van der Waals surface area contributed by atoms with Gasteiger partial charge in [0.05, 0.1) is 45.1 Å². The largest absolute Gasteiger partial charge is 0.493 e. The monoisotopic (exact) mass is 670 g/mol. The van der Waals surface area contributed by atoms with Crippen LogP contribution in [0.4, 0.5) is 21.9 Å². The van der Waals surface area contributed by atoms with Crippen LogP contribution in [-0.4, -0.2) is 58.0 Å². The molecule has 3 amide bonds. The van der Waals surface area contributed by atoms with Crippen LogP contribution in [0.15, 0.2) is 59.5 Å². The molecular weight excluding hydrogens is 648 g/mol. The van der Waals surface area contributed by atoms with E-state index in [1.807, 2.05) is 6.92 Å². The highest BCUT2D eigenvalue weighted by Crippen LogP contribution is 2.42. The van der Waals surface area contributed by atoms with Crippen molar-refractivity contribution >= 4 is 69.5 Å². The van der Waals surface area contributed by atoms with Crippen LogP contribution in [0.2, 0.25) is 5.02 Å². The zero-order valence-electron chi connectivity index (χ0n) is 24.0. The second kappa shape index (κ2) is 14.5. The van der Waals surface area contributed by atoms with Crippen LogP contribution in [0.5, 0.6) is 17.2 Å². The normalized spacial score (nSPS) is 13.5. The van der Waals surface area contributed by atoms with Crippen LogP contribution >= 0.6 is 23.4 Å². The number of benzene rings is 3. The van der Waals surface area contributed by atoms with Gasteiger partial charge in [-0.3, -0.25) is 39.5 Å². The van der Waals surface area contributed by atoms with Gasteiger partial charge >= 0.3 is 11.7 Å². The number of halogens is 1. The molecule has 1 saturated heterocycles. The topological polar surface area (TPSA) is 198 Å². The van der Waals surface area contributed by atoms with Crippen molar-refractivity contribution in [1.82, 2.24) is 4.90 Å². The zero-order valence-corrected chi connectivity index (χ0v) is 25.6. The average Bonchev–Trinajstić information content (AvgIpc) is 3.28. The first-order valence-electron chi connectivity index (χ1n) is 13.2. The SMILES string of the molecule is CCCOC(=O)c1cc(NC(=O)CN2C(=O)S/C(=C/c3cccc(OC)c3Oc3ccc([N+](=O)[O-])cc3[N+](=O)[O-])C2=O)ccc1Cl. The molecule has 46 heavy (non-hydrogen) atoms. The molecule has 4 rings (SSSR count).